The first-order chi connectivity index (χ1) is 6.49. The Morgan fingerprint density at radius 2 is 1.93 bits per heavy atom. The average molecular weight is 241 g/mol. The SMILES string of the molecule is NC(CSCC(O)C(O)CS)C(=O)O. The Morgan fingerprint density at radius 1 is 1.36 bits per heavy atom. The molecule has 3 atom stereocenters. The Balaban J connectivity index is 3.58. The first-order valence-corrected chi connectivity index (χ1v) is 5.80. The van der Waals surface area contributed by atoms with Crippen molar-refractivity contribution in [2.75, 3.05) is 17.3 Å². The lowest BCUT2D eigenvalue weighted by Crippen LogP contribution is -2.34. The van der Waals surface area contributed by atoms with Gasteiger partial charge < -0.3 is 21.1 Å². The van der Waals surface area contributed by atoms with Crippen LogP contribution < -0.4 is 5.73 Å². The van der Waals surface area contributed by atoms with E-state index < -0.39 is 24.2 Å². The number of hydrogen-bond acceptors (Lipinski definition) is 6. The van der Waals surface area contributed by atoms with E-state index in [2.05, 4.69) is 12.6 Å². The minimum absolute atomic E-state index is 0.173. The van der Waals surface area contributed by atoms with Crippen LogP contribution in [0, 0.1) is 0 Å². The molecule has 0 saturated heterocycles. The highest BCUT2D eigenvalue weighted by molar-refractivity contribution is 7.99. The summed E-state index contributed by atoms with van der Waals surface area (Å²) in [5, 5.41) is 26.8. The number of nitrogens with two attached hydrogens (primary N) is 1. The molecule has 5 N–H and O–H groups in total. The van der Waals surface area contributed by atoms with Gasteiger partial charge in [0.25, 0.3) is 0 Å². The van der Waals surface area contributed by atoms with Crippen LogP contribution >= 0.6 is 24.4 Å². The fraction of sp³-hybridized carbons (Fsp3) is 0.857. The Hall–Kier alpha value is 0.0500. The average Bonchev–Trinajstić information content (AvgIpc) is 2.15. The maximum Gasteiger partial charge on any atom is 0.321 e. The van der Waals surface area contributed by atoms with Gasteiger partial charge >= 0.3 is 5.97 Å². The van der Waals surface area contributed by atoms with Crippen LogP contribution in [0.2, 0.25) is 0 Å². The maximum atomic E-state index is 10.3. The Labute approximate surface area is 92.1 Å². The number of carboxylic acids is 1. The van der Waals surface area contributed by atoms with Crippen molar-refractivity contribution >= 4 is 30.4 Å². The van der Waals surface area contributed by atoms with Crippen LogP contribution in [-0.2, 0) is 4.79 Å². The molecule has 0 heterocycles. The number of aliphatic carboxylic acids is 1. The smallest absolute Gasteiger partial charge is 0.321 e. The molecule has 3 unspecified atom stereocenters. The fourth-order valence-corrected chi connectivity index (χ4v) is 1.86. The summed E-state index contributed by atoms with van der Waals surface area (Å²) in [7, 11) is 0. The van der Waals surface area contributed by atoms with Gasteiger partial charge in [0.05, 0.1) is 12.2 Å². The number of aliphatic hydroxyl groups excluding tert-OH is 2. The van der Waals surface area contributed by atoms with Crippen LogP contribution in [0.3, 0.4) is 0 Å². The molecular formula is C7H15NO4S2. The second-order valence-electron chi connectivity index (χ2n) is 2.80. The predicted octanol–water partition coefficient (Wildman–Crippen LogP) is -1.22. The van der Waals surface area contributed by atoms with E-state index >= 15 is 0 Å². The van der Waals surface area contributed by atoms with Crippen LogP contribution in [0.4, 0.5) is 0 Å². The van der Waals surface area contributed by atoms with Crippen molar-refractivity contribution in [2.45, 2.75) is 18.2 Å². The van der Waals surface area contributed by atoms with Gasteiger partial charge in [-0.2, -0.15) is 24.4 Å². The number of aliphatic hydroxyl groups is 2. The molecule has 0 bridgehead atoms. The lowest BCUT2D eigenvalue weighted by atomic mass is 10.3. The van der Waals surface area contributed by atoms with E-state index in [1.807, 2.05) is 0 Å². The van der Waals surface area contributed by atoms with E-state index in [0.717, 1.165) is 0 Å². The zero-order valence-electron chi connectivity index (χ0n) is 7.54. The summed E-state index contributed by atoms with van der Waals surface area (Å²) in [4.78, 5) is 10.3. The molecule has 0 fully saturated rings. The van der Waals surface area contributed by atoms with Crippen molar-refractivity contribution in [3.05, 3.63) is 0 Å². The van der Waals surface area contributed by atoms with Gasteiger partial charge in [-0.15, -0.1) is 0 Å². The summed E-state index contributed by atoms with van der Waals surface area (Å²) in [5.41, 5.74) is 5.23. The van der Waals surface area contributed by atoms with Crippen LogP contribution in [0.1, 0.15) is 0 Å². The van der Waals surface area contributed by atoms with Crippen molar-refractivity contribution in [1.29, 1.82) is 0 Å². The number of carboxylic acid groups (broad SMARTS) is 1. The lowest BCUT2D eigenvalue weighted by Gasteiger charge is -2.15. The van der Waals surface area contributed by atoms with E-state index in [9.17, 15) is 9.90 Å². The topological polar surface area (TPSA) is 104 Å². The van der Waals surface area contributed by atoms with Gasteiger partial charge in [-0.1, -0.05) is 0 Å². The quantitative estimate of drug-likeness (QED) is 0.358. The van der Waals surface area contributed by atoms with Gasteiger partial charge in [0, 0.05) is 17.3 Å². The number of carbonyl (C=O) groups is 1. The highest BCUT2D eigenvalue weighted by Gasteiger charge is 2.16. The Bertz CT molecular complexity index is 181. The van der Waals surface area contributed by atoms with Crippen molar-refractivity contribution < 1.29 is 20.1 Å². The Kier molecular flexibility index (Phi) is 7.38. The molecule has 84 valence electrons. The zero-order chi connectivity index (χ0) is 11.1. The van der Waals surface area contributed by atoms with E-state index in [1.54, 1.807) is 0 Å². The van der Waals surface area contributed by atoms with Gasteiger partial charge in [-0.3, -0.25) is 4.79 Å². The first-order valence-electron chi connectivity index (χ1n) is 4.02. The molecule has 0 aromatic rings. The molecule has 14 heavy (non-hydrogen) atoms. The monoisotopic (exact) mass is 241 g/mol. The molecule has 0 aliphatic heterocycles. The van der Waals surface area contributed by atoms with Crippen molar-refractivity contribution in [3.8, 4) is 0 Å². The molecule has 5 nitrogen and oxygen atoms in total. The molecular weight excluding hydrogens is 226 g/mol. The van der Waals surface area contributed by atoms with Gasteiger partial charge in [0.15, 0.2) is 0 Å². The molecule has 0 amide bonds. The summed E-state index contributed by atoms with van der Waals surface area (Å²) >= 11 is 5.00. The van der Waals surface area contributed by atoms with Gasteiger partial charge in [0.1, 0.15) is 6.04 Å². The van der Waals surface area contributed by atoms with Crippen LogP contribution in [0.5, 0.6) is 0 Å². The van der Waals surface area contributed by atoms with Crippen LogP contribution in [0.25, 0.3) is 0 Å². The Morgan fingerprint density at radius 3 is 2.36 bits per heavy atom. The summed E-state index contributed by atoms with van der Waals surface area (Å²) in [6.45, 7) is 0. The fourth-order valence-electron chi connectivity index (χ4n) is 0.620. The van der Waals surface area contributed by atoms with Crippen molar-refractivity contribution in [1.82, 2.24) is 0 Å². The molecule has 0 saturated carbocycles. The molecule has 0 radical (unpaired) electrons. The third kappa shape index (κ3) is 5.71. The molecule has 0 aliphatic rings. The minimum Gasteiger partial charge on any atom is -0.480 e. The minimum atomic E-state index is -1.07. The highest BCUT2D eigenvalue weighted by atomic mass is 32.2. The van der Waals surface area contributed by atoms with E-state index in [1.165, 1.54) is 11.8 Å². The van der Waals surface area contributed by atoms with Crippen LogP contribution in [-0.4, -0.2) is 56.8 Å². The van der Waals surface area contributed by atoms with E-state index in [4.69, 9.17) is 15.9 Å². The molecule has 0 rings (SSSR count). The largest absolute Gasteiger partial charge is 0.480 e. The maximum absolute atomic E-state index is 10.3. The standard InChI is InChI=1S/C7H15NO4S2/c8-4(7(11)12)2-14-3-6(10)5(9)1-13/h4-6,9-10,13H,1-3,8H2,(H,11,12). The van der Waals surface area contributed by atoms with Gasteiger partial charge in [-0.05, 0) is 0 Å². The second kappa shape index (κ2) is 7.36. The third-order valence-corrected chi connectivity index (χ3v) is 3.08. The third-order valence-electron chi connectivity index (χ3n) is 1.53. The number of thioether (sulfide) groups is 1. The van der Waals surface area contributed by atoms with Crippen LogP contribution in [0.15, 0.2) is 0 Å². The van der Waals surface area contributed by atoms with Gasteiger partial charge in [-0.25, -0.2) is 0 Å². The van der Waals surface area contributed by atoms with Crippen molar-refractivity contribution in [2.24, 2.45) is 5.73 Å². The zero-order valence-corrected chi connectivity index (χ0v) is 9.25. The first kappa shape index (κ1) is 14.1. The van der Waals surface area contributed by atoms with Crippen molar-refractivity contribution in [3.63, 3.8) is 0 Å². The number of hydrogen-bond donors (Lipinski definition) is 5. The summed E-state index contributed by atoms with van der Waals surface area (Å²) in [6, 6.07) is -0.930. The van der Waals surface area contributed by atoms with Gasteiger partial charge in [0.2, 0.25) is 0 Å². The summed E-state index contributed by atoms with van der Waals surface area (Å²) in [6.07, 6.45) is -1.77. The highest BCUT2D eigenvalue weighted by Crippen LogP contribution is 2.08. The number of rotatable bonds is 7. The number of thiol groups is 1. The van der Waals surface area contributed by atoms with E-state index in [-0.39, 0.29) is 17.3 Å². The second-order valence-corrected chi connectivity index (χ2v) is 4.24. The molecule has 0 aromatic carbocycles. The predicted molar refractivity (Wildman–Crippen MR) is 58.8 cm³/mol. The molecule has 0 aliphatic carbocycles. The normalized spacial score (nSPS) is 17.4. The summed E-state index contributed by atoms with van der Waals surface area (Å²) < 4.78 is 0. The molecule has 0 spiro atoms. The summed E-state index contributed by atoms with van der Waals surface area (Å²) in [5.74, 6) is -0.428. The molecule has 7 heteroatoms. The molecule has 0 aromatic heterocycles. The van der Waals surface area contributed by atoms with E-state index in [0.29, 0.717) is 0 Å². The lowest BCUT2D eigenvalue weighted by molar-refractivity contribution is -0.137.